The number of allylic oxidation sites excluding steroid dienone is 1. The fourth-order valence-corrected chi connectivity index (χ4v) is 2.76. The van der Waals surface area contributed by atoms with Gasteiger partial charge in [0.1, 0.15) is 12.4 Å². The van der Waals surface area contributed by atoms with Crippen LogP contribution in [-0.4, -0.2) is 36.7 Å². The fraction of sp³-hybridized carbons (Fsp3) is 0.286. The van der Waals surface area contributed by atoms with Crippen LogP contribution in [0.25, 0.3) is 5.57 Å². The van der Waals surface area contributed by atoms with Gasteiger partial charge in [-0.1, -0.05) is 42.5 Å². The smallest absolute Gasteiger partial charge is 0.276 e. The van der Waals surface area contributed by atoms with E-state index in [0.29, 0.717) is 16.7 Å². The Labute approximate surface area is 169 Å². The van der Waals surface area contributed by atoms with E-state index in [1.54, 1.807) is 18.2 Å². The average Bonchev–Trinajstić information content (AvgIpc) is 2.69. The number of nitrogens with one attached hydrogen (secondary N) is 1. The highest BCUT2D eigenvalue weighted by Gasteiger charge is 2.48. The quantitative estimate of drug-likeness (QED) is 0.406. The van der Waals surface area contributed by atoms with Crippen molar-refractivity contribution < 1.29 is 36.2 Å². The Kier molecular flexibility index (Phi) is 7.66. The highest BCUT2D eigenvalue weighted by molar-refractivity contribution is 6.01. The first-order valence-electron chi connectivity index (χ1n) is 8.74. The number of para-hydroxylation sites is 1. The van der Waals surface area contributed by atoms with Crippen LogP contribution in [0.15, 0.2) is 54.6 Å². The number of ether oxygens (including phenoxy) is 1. The molecule has 0 saturated heterocycles. The second-order valence-electron chi connectivity index (χ2n) is 6.44. The molecule has 2 aromatic rings. The zero-order valence-corrected chi connectivity index (χ0v) is 15.8. The molecule has 162 valence electrons. The molecule has 0 amide bonds. The number of halogens is 6. The summed E-state index contributed by atoms with van der Waals surface area (Å²) in [4.78, 5) is 0. The number of aliphatic hydroxyl groups is 1. The van der Waals surface area contributed by atoms with E-state index in [2.05, 4.69) is 0 Å². The van der Waals surface area contributed by atoms with E-state index < -0.39 is 37.0 Å². The first-order chi connectivity index (χ1) is 14.1. The fourth-order valence-electron chi connectivity index (χ4n) is 2.76. The van der Waals surface area contributed by atoms with Gasteiger partial charge in [-0.05, 0) is 35.8 Å². The van der Waals surface area contributed by atoms with E-state index in [9.17, 15) is 31.4 Å². The van der Waals surface area contributed by atoms with Crippen molar-refractivity contribution in [3.05, 3.63) is 71.3 Å². The van der Waals surface area contributed by atoms with Gasteiger partial charge in [0.2, 0.25) is 5.60 Å². The summed E-state index contributed by atoms with van der Waals surface area (Å²) in [6.45, 7) is 0.603. The maximum Gasteiger partial charge on any atom is 0.276 e. The molecule has 2 aromatic carbocycles. The molecule has 2 N–H and O–H groups in total. The van der Waals surface area contributed by atoms with Gasteiger partial charge in [-0.25, -0.2) is 26.3 Å². The first kappa shape index (κ1) is 23.5. The van der Waals surface area contributed by atoms with Crippen LogP contribution in [0.4, 0.5) is 26.3 Å². The molecule has 0 spiro atoms. The van der Waals surface area contributed by atoms with Gasteiger partial charge < -0.3 is 15.3 Å². The molecule has 0 aliphatic heterocycles. The number of hydrogen-bond donors (Lipinski definition) is 2. The van der Waals surface area contributed by atoms with Crippen LogP contribution in [-0.2, 0) is 5.60 Å². The summed E-state index contributed by atoms with van der Waals surface area (Å²) in [6, 6.07) is 10.5. The summed E-state index contributed by atoms with van der Waals surface area (Å²) in [5.41, 5.74) is -3.21. The average molecular weight is 431 g/mol. The van der Waals surface area contributed by atoms with Gasteiger partial charge in [0.15, 0.2) is 0 Å². The lowest BCUT2D eigenvalue weighted by Gasteiger charge is -2.27. The normalized spacial score (nSPS) is 12.7. The van der Waals surface area contributed by atoms with Crippen molar-refractivity contribution in [2.45, 2.75) is 31.8 Å². The van der Waals surface area contributed by atoms with Crippen molar-refractivity contribution in [3.63, 3.8) is 0 Å². The van der Waals surface area contributed by atoms with Crippen molar-refractivity contribution in [2.24, 2.45) is 0 Å². The molecule has 0 aliphatic carbocycles. The highest BCUT2D eigenvalue weighted by atomic mass is 19.3. The van der Waals surface area contributed by atoms with E-state index in [1.807, 2.05) is 0 Å². The minimum absolute atomic E-state index is 0.0920. The highest BCUT2D eigenvalue weighted by Crippen LogP contribution is 2.37. The third kappa shape index (κ3) is 5.21. The molecule has 0 saturated carbocycles. The lowest BCUT2D eigenvalue weighted by Crippen LogP contribution is -2.41. The number of alkyl halides is 6. The Morgan fingerprint density at radius 3 is 2.07 bits per heavy atom. The monoisotopic (exact) mass is 431 g/mol. The molecule has 2 rings (SSSR count). The van der Waals surface area contributed by atoms with Gasteiger partial charge in [-0.3, -0.25) is 0 Å². The van der Waals surface area contributed by atoms with E-state index in [4.69, 9.17) is 10.1 Å². The van der Waals surface area contributed by atoms with Crippen molar-refractivity contribution in [1.29, 1.82) is 5.41 Å². The van der Waals surface area contributed by atoms with Gasteiger partial charge in [-0.15, -0.1) is 0 Å². The Morgan fingerprint density at radius 1 is 1.00 bits per heavy atom. The molecule has 0 aromatic heterocycles. The molecular weight excluding hydrogens is 412 g/mol. The molecule has 0 fully saturated rings. The first-order valence-corrected chi connectivity index (χ1v) is 8.74. The van der Waals surface area contributed by atoms with Crippen LogP contribution in [0.1, 0.15) is 23.6 Å². The molecule has 0 aliphatic rings. The van der Waals surface area contributed by atoms with Crippen molar-refractivity contribution in [3.8, 4) is 5.75 Å². The topological polar surface area (TPSA) is 53.3 Å². The summed E-state index contributed by atoms with van der Waals surface area (Å²) in [5.74, 6) is 0.103. The zero-order valence-electron chi connectivity index (χ0n) is 15.8. The lowest BCUT2D eigenvalue weighted by atomic mass is 9.90. The Hall–Kier alpha value is -2.81. The number of hydrogen-bond acceptors (Lipinski definition) is 3. The molecule has 9 heteroatoms. The predicted octanol–water partition coefficient (Wildman–Crippen LogP) is 5.52. The van der Waals surface area contributed by atoms with Gasteiger partial charge in [0, 0.05) is 11.3 Å². The van der Waals surface area contributed by atoms with Crippen LogP contribution in [0.3, 0.4) is 0 Å². The molecule has 0 bridgehead atoms. The van der Waals surface area contributed by atoms with Crippen LogP contribution in [0.2, 0.25) is 0 Å². The minimum atomic E-state index is -3.72. The molecule has 0 heterocycles. The third-order valence-electron chi connectivity index (χ3n) is 4.23. The molecule has 3 nitrogen and oxygen atoms in total. The number of benzene rings is 2. The Morgan fingerprint density at radius 2 is 1.57 bits per heavy atom. The number of rotatable bonds is 9. The molecule has 0 atom stereocenters. The Bertz CT molecular complexity index is 889. The van der Waals surface area contributed by atoms with Crippen LogP contribution >= 0.6 is 0 Å². The second kappa shape index (κ2) is 9.80. The maximum atomic E-state index is 13.1. The summed E-state index contributed by atoms with van der Waals surface area (Å²) >= 11 is 0. The summed E-state index contributed by atoms with van der Waals surface area (Å²) in [7, 11) is 0. The van der Waals surface area contributed by atoms with E-state index in [1.165, 1.54) is 31.2 Å². The van der Waals surface area contributed by atoms with E-state index >= 15 is 0 Å². The summed E-state index contributed by atoms with van der Waals surface area (Å²) < 4.78 is 82.5. The van der Waals surface area contributed by atoms with Crippen molar-refractivity contribution in [2.75, 3.05) is 6.61 Å². The van der Waals surface area contributed by atoms with Crippen LogP contribution in [0, 0.1) is 5.41 Å². The second-order valence-corrected chi connectivity index (χ2v) is 6.44. The van der Waals surface area contributed by atoms with E-state index in [0.717, 1.165) is 12.1 Å². The van der Waals surface area contributed by atoms with Crippen molar-refractivity contribution >= 4 is 11.3 Å². The standard InChI is InChI=1S/C21H19F6NO2/c1-12(28)10-16(15-4-2-3-5-17(15)30-11-18(22)23)13-6-8-14(9-7-13)21(29,19(24)25)20(26)27/h2-10,18-20,28-29H,11H2,1H3/b16-10-,28-12?. The molecule has 30 heavy (non-hydrogen) atoms. The van der Waals surface area contributed by atoms with E-state index in [-0.39, 0.29) is 11.5 Å². The molecular formula is C21H19F6NO2. The van der Waals surface area contributed by atoms with Gasteiger partial charge in [0.05, 0.1) is 0 Å². The molecule has 0 unspecified atom stereocenters. The maximum absolute atomic E-state index is 13.1. The van der Waals surface area contributed by atoms with Crippen LogP contribution < -0.4 is 4.74 Å². The SMILES string of the molecule is CC(=N)/C=C(/c1ccc(C(O)(C(F)F)C(F)F)cc1)c1ccccc1OCC(F)F. The van der Waals surface area contributed by atoms with Gasteiger partial charge in [-0.2, -0.15) is 0 Å². The largest absolute Gasteiger partial charge is 0.487 e. The van der Waals surface area contributed by atoms with Gasteiger partial charge >= 0.3 is 0 Å². The van der Waals surface area contributed by atoms with Gasteiger partial charge in [0.25, 0.3) is 19.3 Å². The summed E-state index contributed by atoms with van der Waals surface area (Å²) in [5, 5.41) is 17.5. The zero-order chi connectivity index (χ0) is 22.5. The lowest BCUT2D eigenvalue weighted by molar-refractivity contribution is -0.183. The van der Waals surface area contributed by atoms with Crippen molar-refractivity contribution in [1.82, 2.24) is 0 Å². The Balaban J connectivity index is 2.52. The minimum Gasteiger partial charge on any atom is -0.487 e. The molecule has 0 radical (unpaired) electrons. The summed E-state index contributed by atoms with van der Waals surface area (Å²) in [6.07, 6.45) is -8.75. The third-order valence-corrected chi connectivity index (χ3v) is 4.23. The van der Waals surface area contributed by atoms with Crippen LogP contribution in [0.5, 0.6) is 5.75 Å². The predicted molar refractivity (Wildman–Crippen MR) is 101 cm³/mol.